The van der Waals surface area contributed by atoms with Crippen molar-refractivity contribution in [2.24, 2.45) is 5.92 Å². The second-order valence-corrected chi connectivity index (χ2v) is 5.44. The van der Waals surface area contributed by atoms with Gasteiger partial charge in [-0.05, 0) is 19.3 Å². The van der Waals surface area contributed by atoms with E-state index in [1.165, 1.54) is 6.92 Å². The maximum atomic E-state index is 11.9. The molecule has 0 amide bonds. The summed E-state index contributed by atoms with van der Waals surface area (Å²) in [5.41, 5.74) is -1.72. The van der Waals surface area contributed by atoms with Crippen molar-refractivity contribution in [3.8, 4) is 0 Å². The first-order valence-electron chi connectivity index (χ1n) is 6.68. The van der Waals surface area contributed by atoms with Crippen molar-refractivity contribution in [1.82, 2.24) is 0 Å². The zero-order chi connectivity index (χ0) is 16.2. The summed E-state index contributed by atoms with van der Waals surface area (Å²) in [6.07, 6.45) is -2.12. The molecule has 0 saturated carbocycles. The van der Waals surface area contributed by atoms with Gasteiger partial charge in [-0.3, -0.25) is 0 Å². The maximum absolute atomic E-state index is 11.9. The van der Waals surface area contributed by atoms with Gasteiger partial charge in [0.25, 0.3) is 5.76 Å². The quantitative estimate of drug-likeness (QED) is 0.275. The Morgan fingerprint density at radius 3 is 2.29 bits per heavy atom. The van der Waals surface area contributed by atoms with Crippen LogP contribution in [0.5, 0.6) is 0 Å². The predicted molar refractivity (Wildman–Crippen MR) is 69.7 cm³/mol. The van der Waals surface area contributed by atoms with E-state index in [-0.39, 0.29) is 18.9 Å². The van der Waals surface area contributed by atoms with Crippen molar-refractivity contribution in [2.75, 3.05) is 13.2 Å². The largest absolute Gasteiger partial charge is 0.479 e. The van der Waals surface area contributed by atoms with E-state index in [0.29, 0.717) is 0 Å². The lowest BCUT2D eigenvalue weighted by Gasteiger charge is -2.33. The number of carbonyl (C=O) groups excluding carboxylic acids is 1. The third-order valence-electron chi connectivity index (χ3n) is 3.14. The van der Waals surface area contributed by atoms with Gasteiger partial charge in [0.05, 0.1) is 13.2 Å². The van der Waals surface area contributed by atoms with Crippen LogP contribution in [-0.2, 0) is 19.2 Å². The topological polar surface area (TPSA) is 126 Å². The van der Waals surface area contributed by atoms with Crippen LogP contribution in [0.4, 0.5) is 0 Å². The summed E-state index contributed by atoms with van der Waals surface area (Å²) in [6, 6.07) is 0. The predicted octanol–water partition coefficient (Wildman–Crippen LogP) is -0.220. The Bertz CT molecular complexity index is 405. The lowest BCUT2D eigenvalue weighted by Crippen LogP contribution is -2.48. The number of carbonyl (C=O) groups is 1. The summed E-state index contributed by atoms with van der Waals surface area (Å²) < 4.78 is 10.3. The van der Waals surface area contributed by atoms with Crippen LogP contribution >= 0.6 is 0 Å². The normalized spacial score (nSPS) is 25.0. The molecule has 0 spiro atoms. The fourth-order valence-corrected chi connectivity index (χ4v) is 2.25. The number of hydrogen-bond acceptors (Lipinski definition) is 8. The molecule has 0 saturated heterocycles. The van der Waals surface area contributed by atoms with E-state index in [2.05, 4.69) is 4.89 Å². The molecule has 1 unspecified atom stereocenters. The van der Waals surface area contributed by atoms with Crippen molar-refractivity contribution >= 4 is 5.97 Å². The molecule has 8 heteroatoms. The van der Waals surface area contributed by atoms with Gasteiger partial charge in [0.1, 0.15) is 12.2 Å². The minimum absolute atomic E-state index is 0.0428. The zero-order valence-corrected chi connectivity index (χ0v) is 12.3. The fourth-order valence-electron chi connectivity index (χ4n) is 2.25. The summed E-state index contributed by atoms with van der Waals surface area (Å²) >= 11 is 0. The summed E-state index contributed by atoms with van der Waals surface area (Å²) in [5, 5.41) is 37.3. The Balaban J connectivity index is 3.27. The molecule has 0 bridgehead atoms. The molecule has 0 aromatic carbocycles. The summed E-state index contributed by atoms with van der Waals surface area (Å²) in [4.78, 5) is 16.2. The molecular formula is C13H22O8. The van der Waals surface area contributed by atoms with Crippen LogP contribution in [0.15, 0.2) is 11.5 Å². The van der Waals surface area contributed by atoms with Crippen molar-refractivity contribution in [3.63, 3.8) is 0 Å². The lowest BCUT2D eigenvalue weighted by molar-refractivity contribution is -0.241. The molecule has 0 aromatic heterocycles. The van der Waals surface area contributed by atoms with Gasteiger partial charge in [-0.15, -0.1) is 0 Å². The molecule has 122 valence electrons. The number of ether oxygens (including phenoxy) is 2. The van der Waals surface area contributed by atoms with Crippen molar-refractivity contribution < 1.29 is 39.7 Å². The lowest BCUT2D eigenvalue weighted by atomic mass is 9.86. The van der Waals surface area contributed by atoms with E-state index in [1.54, 1.807) is 0 Å². The van der Waals surface area contributed by atoms with Gasteiger partial charge in [-0.2, -0.15) is 0 Å². The molecular weight excluding hydrogens is 284 g/mol. The molecule has 21 heavy (non-hydrogen) atoms. The highest BCUT2D eigenvalue weighted by Gasteiger charge is 2.56. The smallest absolute Gasteiger partial charge is 0.378 e. The van der Waals surface area contributed by atoms with E-state index in [1.807, 2.05) is 13.8 Å². The number of rotatable bonds is 8. The highest BCUT2D eigenvalue weighted by molar-refractivity contribution is 5.90. The van der Waals surface area contributed by atoms with Crippen LogP contribution in [0.3, 0.4) is 0 Å². The van der Waals surface area contributed by atoms with Gasteiger partial charge in [0.2, 0.25) is 11.4 Å². The third kappa shape index (κ3) is 3.46. The van der Waals surface area contributed by atoms with Crippen molar-refractivity contribution in [1.29, 1.82) is 0 Å². The highest BCUT2D eigenvalue weighted by atomic mass is 17.1. The maximum Gasteiger partial charge on any atom is 0.378 e. The van der Waals surface area contributed by atoms with Crippen LogP contribution in [0.1, 0.15) is 27.2 Å². The Morgan fingerprint density at radius 2 is 1.86 bits per heavy atom. The van der Waals surface area contributed by atoms with Crippen molar-refractivity contribution in [3.05, 3.63) is 11.5 Å². The number of aliphatic hydroxyl groups is 3. The molecule has 8 nitrogen and oxygen atoms in total. The standard InChI is InChI=1S/C13H22O8/c1-7(2)4-13(9(16)6-15)11(21-18)10(12(17)20-13)19-8(3)5-14/h7-9,14-16,18H,4-6H2,1-3H3/t8?,9-,13+/m0/s1. The first-order chi connectivity index (χ1) is 9.82. The molecule has 4 N–H and O–H groups in total. The first kappa shape index (κ1) is 17.7. The van der Waals surface area contributed by atoms with Crippen LogP contribution in [0.25, 0.3) is 0 Å². The number of aliphatic hydroxyl groups excluding tert-OH is 3. The van der Waals surface area contributed by atoms with E-state index >= 15 is 0 Å². The van der Waals surface area contributed by atoms with Gasteiger partial charge in [-0.1, -0.05) is 13.8 Å². The molecule has 0 aliphatic carbocycles. The average Bonchev–Trinajstić information content (AvgIpc) is 2.69. The molecule has 1 heterocycles. The molecule has 1 aliphatic rings. The Labute approximate surface area is 122 Å². The van der Waals surface area contributed by atoms with E-state index in [4.69, 9.17) is 19.8 Å². The van der Waals surface area contributed by atoms with Gasteiger partial charge in [-0.25, -0.2) is 10.1 Å². The monoisotopic (exact) mass is 306 g/mol. The van der Waals surface area contributed by atoms with Gasteiger partial charge in [0.15, 0.2) is 0 Å². The van der Waals surface area contributed by atoms with Crippen LogP contribution in [0, 0.1) is 5.92 Å². The number of esters is 1. The third-order valence-corrected chi connectivity index (χ3v) is 3.14. The second kappa shape index (κ2) is 7.08. The van der Waals surface area contributed by atoms with Crippen molar-refractivity contribution in [2.45, 2.75) is 45.0 Å². The summed E-state index contributed by atoms with van der Waals surface area (Å²) in [5.74, 6) is -1.80. The Morgan fingerprint density at radius 1 is 1.24 bits per heavy atom. The zero-order valence-electron chi connectivity index (χ0n) is 12.3. The minimum Gasteiger partial charge on any atom is -0.479 e. The van der Waals surface area contributed by atoms with E-state index < -0.39 is 41.9 Å². The van der Waals surface area contributed by atoms with Gasteiger partial charge in [0, 0.05) is 0 Å². The minimum atomic E-state index is -1.72. The molecule has 0 fully saturated rings. The number of cyclic esters (lactones) is 1. The van der Waals surface area contributed by atoms with Crippen LogP contribution in [0.2, 0.25) is 0 Å². The first-order valence-corrected chi connectivity index (χ1v) is 6.68. The van der Waals surface area contributed by atoms with Crippen LogP contribution in [-0.4, -0.2) is 57.6 Å². The molecule has 3 atom stereocenters. The Hall–Kier alpha value is -1.35. The number of hydrogen-bond donors (Lipinski definition) is 4. The van der Waals surface area contributed by atoms with Gasteiger partial charge >= 0.3 is 5.97 Å². The van der Waals surface area contributed by atoms with Crippen LogP contribution < -0.4 is 0 Å². The molecule has 0 aromatic rings. The van der Waals surface area contributed by atoms with E-state index in [9.17, 15) is 15.0 Å². The fraction of sp³-hybridized carbons (Fsp3) is 0.769. The molecule has 1 rings (SSSR count). The summed E-state index contributed by atoms with van der Waals surface area (Å²) in [6.45, 7) is 4.05. The summed E-state index contributed by atoms with van der Waals surface area (Å²) in [7, 11) is 0. The van der Waals surface area contributed by atoms with E-state index in [0.717, 1.165) is 0 Å². The second-order valence-electron chi connectivity index (χ2n) is 5.44. The highest BCUT2D eigenvalue weighted by Crippen LogP contribution is 2.41. The molecule has 1 aliphatic heterocycles. The molecule has 0 radical (unpaired) electrons. The van der Waals surface area contributed by atoms with Gasteiger partial charge < -0.3 is 29.7 Å². The average molecular weight is 306 g/mol. The Kier molecular flexibility index (Phi) is 5.97. The SMILES string of the molecule is CC(C)C[C@]1([C@@H](O)CO)OC(=O)C(OC(C)CO)=C1OO.